The molecule has 1 rings (SSSR count). The van der Waals surface area contributed by atoms with E-state index >= 15 is 0 Å². The average molecular weight is 374 g/mol. The Morgan fingerprint density at radius 3 is 2.45 bits per heavy atom. The quantitative estimate of drug-likeness (QED) is 0.614. The van der Waals surface area contributed by atoms with Crippen LogP contribution in [0.25, 0.3) is 0 Å². The van der Waals surface area contributed by atoms with E-state index in [9.17, 15) is 9.59 Å². The molecule has 0 saturated heterocycles. The van der Waals surface area contributed by atoms with Gasteiger partial charge in [0.05, 0.1) is 18.7 Å². The molecule has 1 N–H and O–H groups in total. The van der Waals surface area contributed by atoms with Crippen LogP contribution in [0.2, 0.25) is 0 Å². The van der Waals surface area contributed by atoms with E-state index in [-0.39, 0.29) is 5.92 Å². The molecule has 0 radical (unpaired) electrons. The lowest BCUT2D eigenvalue weighted by Crippen LogP contribution is -2.41. The Labute approximate surface area is 140 Å². The fraction of sp³-hybridized carbons (Fsp3) is 0.500. The molecular formula is C16H24BrNO4. The van der Waals surface area contributed by atoms with E-state index in [1.165, 1.54) is 12.7 Å². The fourth-order valence-corrected chi connectivity index (χ4v) is 2.08. The molecule has 5 nitrogen and oxygen atoms in total. The molecule has 0 fully saturated rings. The highest BCUT2D eigenvalue weighted by atomic mass is 79.9. The highest BCUT2D eigenvalue weighted by Crippen LogP contribution is 2.24. The second-order valence-corrected chi connectivity index (χ2v) is 5.66. The molecule has 22 heavy (non-hydrogen) atoms. The molecule has 2 atom stereocenters. The molecule has 0 aliphatic carbocycles. The van der Waals surface area contributed by atoms with E-state index in [0.717, 1.165) is 16.6 Å². The summed E-state index contributed by atoms with van der Waals surface area (Å²) in [5.41, 5.74) is 1.21. The number of rotatable bonds is 6. The Bertz CT molecular complexity index is 479. The van der Waals surface area contributed by atoms with Crippen molar-refractivity contribution < 1.29 is 19.1 Å². The summed E-state index contributed by atoms with van der Waals surface area (Å²) in [4.78, 5) is 21.2. The van der Waals surface area contributed by atoms with Crippen LogP contribution in [-0.2, 0) is 14.3 Å². The van der Waals surface area contributed by atoms with Gasteiger partial charge in [-0.05, 0) is 46.5 Å². The Morgan fingerprint density at radius 2 is 2.05 bits per heavy atom. The topological polar surface area (TPSA) is 64.6 Å². The number of methoxy groups -OCH3 is 2. The molecule has 0 aliphatic rings. The van der Waals surface area contributed by atoms with Gasteiger partial charge in [-0.15, -0.1) is 0 Å². The van der Waals surface area contributed by atoms with Crippen molar-refractivity contribution in [1.29, 1.82) is 0 Å². The maximum Gasteiger partial charge on any atom is 0.328 e. The summed E-state index contributed by atoms with van der Waals surface area (Å²) < 4.78 is 10.6. The number of amides is 1. The normalized spacial score (nSPS) is 12.3. The lowest BCUT2D eigenvalue weighted by Gasteiger charge is -2.19. The standard InChI is InChI=1S/C8H9BrO.C8H15NO3/c1-6-3-4-7(9)8(5-6)10-2;1-4-6(2)7(9-5-10)8(11)12-3/h3-5H,1-2H3;5-7H,4H2,1-3H3,(H,9,10)/t;6?,7-/m.0/s1. The maximum absolute atomic E-state index is 11.1. The number of aryl methyl sites for hydroxylation is 1. The molecule has 1 unspecified atom stereocenters. The molecule has 124 valence electrons. The Hall–Kier alpha value is -1.56. The van der Waals surface area contributed by atoms with Crippen molar-refractivity contribution in [3.8, 4) is 5.75 Å². The van der Waals surface area contributed by atoms with Crippen molar-refractivity contribution in [3.05, 3.63) is 28.2 Å². The Kier molecular flexibility index (Phi) is 10.3. The summed E-state index contributed by atoms with van der Waals surface area (Å²) in [6.07, 6.45) is 1.34. The van der Waals surface area contributed by atoms with Crippen LogP contribution in [0.5, 0.6) is 5.75 Å². The summed E-state index contributed by atoms with van der Waals surface area (Å²) in [5.74, 6) is 0.596. The number of ether oxygens (including phenoxy) is 2. The van der Waals surface area contributed by atoms with Crippen molar-refractivity contribution in [2.75, 3.05) is 14.2 Å². The van der Waals surface area contributed by atoms with Gasteiger partial charge in [-0.3, -0.25) is 4.79 Å². The van der Waals surface area contributed by atoms with Gasteiger partial charge in [-0.25, -0.2) is 4.79 Å². The number of nitrogens with one attached hydrogen (secondary N) is 1. The third-order valence-electron chi connectivity index (χ3n) is 3.22. The molecule has 0 aliphatic heterocycles. The van der Waals surface area contributed by atoms with Crippen LogP contribution < -0.4 is 10.1 Å². The van der Waals surface area contributed by atoms with Gasteiger partial charge in [0.1, 0.15) is 11.8 Å². The van der Waals surface area contributed by atoms with Gasteiger partial charge in [0.15, 0.2) is 0 Å². The van der Waals surface area contributed by atoms with Crippen LogP contribution in [0.3, 0.4) is 0 Å². The van der Waals surface area contributed by atoms with E-state index in [1.807, 2.05) is 39.0 Å². The summed E-state index contributed by atoms with van der Waals surface area (Å²) in [6.45, 7) is 5.88. The number of carbonyl (C=O) groups excluding carboxylic acids is 2. The molecule has 6 heteroatoms. The zero-order valence-electron chi connectivity index (χ0n) is 13.7. The number of esters is 1. The number of hydrogen-bond acceptors (Lipinski definition) is 4. The lowest BCUT2D eigenvalue weighted by atomic mass is 10.00. The molecule has 0 saturated carbocycles. The van der Waals surface area contributed by atoms with Gasteiger partial charge in [0, 0.05) is 0 Å². The highest BCUT2D eigenvalue weighted by molar-refractivity contribution is 9.10. The first-order valence-corrected chi connectivity index (χ1v) is 7.78. The highest BCUT2D eigenvalue weighted by Gasteiger charge is 2.23. The van der Waals surface area contributed by atoms with Crippen LogP contribution >= 0.6 is 15.9 Å². The van der Waals surface area contributed by atoms with Crippen LogP contribution in [0.15, 0.2) is 22.7 Å². The largest absolute Gasteiger partial charge is 0.496 e. The summed E-state index contributed by atoms with van der Waals surface area (Å²) in [7, 11) is 2.98. The SMILES string of the molecule is CCC(C)[C@H](NC=O)C(=O)OC.COc1cc(C)ccc1Br. The first-order chi connectivity index (χ1) is 10.4. The predicted octanol–water partition coefficient (Wildman–Crippen LogP) is 3.09. The first kappa shape index (κ1) is 20.4. The molecule has 1 aromatic rings. The van der Waals surface area contributed by atoms with Crippen LogP contribution in [-0.4, -0.2) is 32.6 Å². The van der Waals surface area contributed by atoms with Gasteiger partial charge in [0.2, 0.25) is 6.41 Å². The smallest absolute Gasteiger partial charge is 0.328 e. The number of hydrogen-bond donors (Lipinski definition) is 1. The van der Waals surface area contributed by atoms with E-state index in [2.05, 4.69) is 26.0 Å². The monoisotopic (exact) mass is 373 g/mol. The van der Waals surface area contributed by atoms with E-state index in [0.29, 0.717) is 6.41 Å². The minimum absolute atomic E-state index is 0.0997. The van der Waals surface area contributed by atoms with E-state index in [4.69, 9.17) is 4.74 Å². The van der Waals surface area contributed by atoms with Crippen molar-refractivity contribution in [1.82, 2.24) is 5.32 Å². The fourth-order valence-electron chi connectivity index (χ4n) is 1.67. The van der Waals surface area contributed by atoms with Crippen molar-refractivity contribution in [3.63, 3.8) is 0 Å². The molecule has 0 spiro atoms. The van der Waals surface area contributed by atoms with Gasteiger partial charge in [0.25, 0.3) is 0 Å². The van der Waals surface area contributed by atoms with Crippen LogP contribution in [0, 0.1) is 12.8 Å². The molecule has 1 amide bonds. The van der Waals surface area contributed by atoms with Crippen LogP contribution in [0.4, 0.5) is 0 Å². The van der Waals surface area contributed by atoms with Crippen molar-refractivity contribution in [2.45, 2.75) is 33.2 Å². The predicted molar refractivity (Wildman–Crippen MR) is 89.9 cm³/mol. The summed E-state index contributed by atoms with van der Waals surface area (Å²) >= 11 is 3.37. The lowest BCUT2D eigenvalue weighted by molar-refractivity contribution is -0.145. The first-order valence-electron chi connectivity index (χ1n) is 6.98. The molecule has 0 heterocycles. The second kappa shape index (κ2) is 11.1. The molecular weight excluding hydrogens is 350 g/mol. The third kappa shape index (κ3) is 6.93. The average Bonchev–Trinajstić information content (AvgIpc) is 2.54. The minimum atomic E-state index is -0.516. The number of halogens is 1. The second-order valence-electron chi connectivity index (χ2n) is 4.81. The van der Waals surface area contributed by atoms with Crippen molar-refractivity contribution in [2.24, 2.45) is 5.92 Å². The maximum atomic E-state index is 11.1. The van der Waals surface area contributed by atoms with Crippen LogP contribution in [0.1, 0.15) is 25.8 Å². The molecule has 1 aromatic carbocycles. The minimum Gasteiger partial charge on any atom is -0.496 e. The summed E-state index contributed by atoms with van der Waals surface area (Å²) in [5, 5.41) is 2.43. The Morgan fingerprint density at radius 1 is 1.41 bits per heavy atom. The van der Waals surface area contributed by atoms with Gasteiger partial charge in [-0.1, -0.05) is 26.3 Å². The van der Waals surface area contributed by atoms with Gasteiger partial charge < -0.3 is 14.8 Å². The number of carbonyl (C=O) groups is 2. The van der Waals surface area contributed by atoms with Crippen molar-refractivity contribution >= 4 is 28.3 Å². The van der Waals surface area contributed by atoms with Gasteiger partial charge >= 0.3 is 5.97 Å². The third-order valence-corrected chi connectivity index (χ3v) is 3.88. The van der Waals surface area contributed by atoms with Gasteiger partial charge in [-0.2, -0.15) is 0 Å². The zero-order valence-corrected chi connectivity index (χ0v) is 15.3. The zero-order chi connectivity index (χ0) is 17.1. The Balaban J connectivity index is 0.000000406. The molecule has 0 aromatic heterocycles. The summed E-state index contributed by atoms with van der Waals surface area (Å²) in [6, 6.07) is 5.49. The molecule has 0 bridgehead atoms. The van der Waals surface area contributed by atoms with E-state index < -0.39 is 12.0 Å². The van der Waals surface area contributed by atoms with E-state index in [1.54, 1.807) is 7.11 Å². The number of benzene rings is 1.